The van der Waals surface area contributed by atoms with E-state index in [2.05, 4.69) is 30.0 Å². The molecular formula is C15H24N2O. The van der Waals surface area contributed by atoms with Crippen molar-refractivity contribution in [2.75, 3.05) is 19.7 Å². The third-order valence-corrected chi connectivity index (χ3v) is 3.94. The van der Waals surface area contributed by atoms with Gasteiger partial charge in [-0.05, 0) is 48.9 Å². The molecule has 3 nitrogen and oxygen atoms in total. The standard InChI is InChI=1S/C15H24N2O/c1-12-8-14(9-16)2-3-15(12)11-17-6-4-13(10-17)5-7-18/h2-3,8,13,18H,4-7,9-11,16H2,1H3. The van der Waals surface area contributed by atoms with Crippen molar-refractivity contribution < 1.29 is 5.11 Å². The van der Waals surface area contributed by atoms with E-state index < -0.39 is 0 Å². The average Bonchev–Trinajstić information content (AvgIpc) is 2.80. The van der Waals surface area contributed by atoms with Crippen molar-refractivity contribution in [3.8, 4) is 0 Å². The minimum Gasteiger partial charge on any atom is -0.396 e. The zero-order chi connectivity index (χ0) is 13.0. The number of nitrogens with zero attached hydrogens (tertiary/aromatic N) is 1. The van der Waals surface area contributed by atoms with Crippen molar-refractivity contribution in [3.05, 3.63) is 34.9 Å². The van der Waals surface area contributed by atoms with Crippen LogP contribution in [0.1, 0.15) is 29.5 Å². The Morgan fingerprint density at radius 2 is 2.28 bits per heavy atom. The number of likely N-dealkylation sites (tertiary alicyclic amines) is 1. The van der Waals surface area contributed by atoms with Gasteiger partial charge in [-0.1, -0.05) is 18.2 Å². The Labute approximate surface area is 110 Å². The molecule has 1 aromatic rings. The number of nitrogens with two attached hydrogens (primary N) is 1. The summed E-state index contributed by atoms with van der Waals surface area (Å²) in [5.41, 5.74) is 9.59. The molecule has 0 spiro atoms. The number of aliphatic hydroxyl groups is 1. The molecule has 1 heterocycles. The summed E-state index contributed by atoms with van der Waals surface area (Å²) in [6, 6.07) is 6.52. The van der Waals surface area contributed by atoms with Gasteiger partial charge in [0.2, 0.25) is 0 Å². The van der Waals surface area contributed by atoms with Crippen LogP contribution in [0.3, 0.4) is 0 Å². The lowest BCUT2D eigenvalue weighted by molar-refractivity contribution is 0.249. The van der Waals surface area contributed by atoms with E-state index in [1.807, 2.05) is 0 Å². The fourth-order valence-corrected chi connectivity index (χ4v) is 2.78. The molecule has 3 heteroatoms. The molecule has 0 aromatic heterocycles. The van der Waals surface area contributed by atoms with Gasteiger partial charge in [0.25, 0.3) is 0 Å². The molecule has 1 saturated heterocycles. The van der Waals surface area contributed by atoms with Gasteiger partial charge in [-0.15, -0.1) is 0 Å². The van der Waals surface area contributed by atoms with Gasteiger partial charge in [0.15, 0.2) is 0 Å². The van der Waals surface area contributed by atoms with E-state index >= 15 is 0 Å². The lowest BCUT2D eigenvalue weighted by atomic mass is 10.0. The smallest absolute Gasteiger partial charge is 0.0434 e. The molecule has 18 heavy (non-hydrogen) atoms. The summed E-state index contributed by atoms with van der Waals surface area (Å²) >= 11 is 0. The highest BCUT2D eigenvalue weighted by Crippen LogP contribution is 2.22. The molecule has 1 unspecified atom stereocenters. The van der Waals surface area contributed by atoms with Gasteiger partial charge in [-0.25, -0.2) is 0 Å². The van der Waals surface area contributed by atoms with Crippen molar-refractivity contribution in [3.63, 3.8) is 0 Å². The molecule has 1 atom stereocenters. The van der Waals surface area contributed by atoms with Crippen LogP contribution >= 0.6 is 0 Å². The van der Waals surface area contributed by atoms with Gasteiger partial charge in [-0.3, -0.25) is 4.90 Å². The van der Waals surface area contributed by atoms with Crippen LogP contribution in [-0.2, 0) is 13.1 Å². The molecule has 1 aliphatic rings. The van der Waals surface area contributed by atoms with E-state index in [-0.39, 0.29) is 0 Å². The maximum Gasteiger partial charge on any atom is 0.0434 e. The van der Waals surface area contributed by atoms with Crippen LogP contribution in [0, 0.1) is 12.8 Å². The minimum absolute atomic E-state index is 0.322. The number of benzene rings is 1. The van der Waals surface area contributed by atoms with E-state index in [1.54, 1.807) is 0 Å². The Balaban J connectivity index is 1.94. The third kappa shape index (κ3) is 3.31. The van der Waals surface area contributed by atoms with Crippen LogP contribution in [0.25, 0.3) is 0 Å². The summed E-state index contributed by atoms with van der Waals surface area (Å²) < 4.78 is 0. The predicted octanol–water partition coefficient (Wildman–Crippen LogP) is 1.66. The Hall–Kier alpha value is -0.900. The van der Waals surface area contributed by atoms with E-state index in [9.17, 15) is 0 Å². The van der Waals surface area contributed by atoms with Crippen molar-refractivity contribution in [1.29, 1.82) is 0 Å². The first kappa shape index (κ1) is 13.5. The zero-order valence-electron chi connectivity index (χ0n) is 11.2. The first-order chi connectivity index (χ1) is 8.72. The average molecular weight is 248 g/mol. The topological polar surface area (TPSA) is 49.5 Å². The Kier molecular flexibility index (Phi) is 4.75. The van der Waals surface area contributed by atoms with Crippen molar-refractivity contribution in [2.24, 2.45) is 11.7 Å². The van der Waals surface area contributed by atoms with Gasteiger partial charge < -0.3 is 10.8 Å². The van der Waals surface area contributed by atoms with E-state index in [4.69, 9.17) is 10.8 Å². The summed E-state index contributed by atoms with van der Waals surface area (Å²) in [4.78, 5) is 2.49. The summed E-state index contributed by atoms with van der Waals surface area (Å²) in [7, 11) is 0. The Bertz CT molecular complexity index is 392. The SMILES string of the molecule is Cc1cc(CN)ccc1CN1CCC(CCO)C1. The number of aliphatic hydroxyl groups excluding tert-OH is 1. The quantitative estimate of drug-likeness (QED) is 0.833. The Morgan fingerprint density at radius 3 is 2.94 bits per heavy atom. The van der Waals surface area contributed by atoms with Crippen molar-refractivity contribution in [1.82, 2.24) is 4.90 Å². The first-order valence-electron chi connectivity index (χ1n) is 6.84. The summed E-state index contributed by atoms with van der Waals surface area (Å²) in [6.45, 7) is 6.40. The highest BCUT2D eigenvalue weighted by atomic mass is 16.3. The monoisotopic (exact) mass is 248 g/mol. The van der Waals surface area contributed by atoms with Crippen molar-refractivity contribution >= 4 is 0 Å². The fourth-order valence-electron chi connectivity index (χ4n) is 2.78. The van der Waals surface area contributed by atoms with Crippen molar-refractivity contribution in [2.45, 2.75) is 32.9 Å². The van der Waals surface area contributed by atoms with Crippen LogP contribution in [-0.4, -0.2) is 29.7 Å². The van der Waals surface area contributed by atoms with Gasteiger partial charge in [0.1, 0.15) is 0 Å². The van der Waals surface area contributed by atoms with Gasteiger partial charge in [-0.2, -0.15) is 0 Å². The molecule has 3 N–H and O–H groups in total. The van der Waals surface area contributed by atoms with E-state index in [0.717, 1.165) is 26.1 Å². The molecule has 100 valence electrons. The van der Waals surface area contributed by atoms with Gasteiger partial charge >= 0.3 is 0 Å². The summed E-state index contributed by atoms with van der Waals surface area (Å²) in [5, 5.41) is 8.97. The molecule has 1 aromatic carbocycles. The molecule has 0 bridgehead atoms. The largest absolute Gasteiger partial charge is 0.396 e. The van der Waals surface area contributed by atoms with E-state index in [0.29, 0.717) is 19.1 Å². The number of hydrogen-bond donors (Lipinski definition) is 2. The van der Waals surface area contributed by atoms with E-state index in [1.165, 1.54) is 23.1 Å². The molecule has 0 saturated carbocycles. The summed E-state index contributed by atoms with van der Waals surface area (Å²) in [6.07, 6.45) is 2.17. The van der Waals surface area contributed by atoms with Crippen LogP contribution in [0.2, 0.25) is 0 Å². The van der Waals surface area contributed by atoms with Crippen LogP contribution in [0.15, 0.2) is 18.2 Å². The zero-order valence-corrected chi connectivity index (χ0v) is 11.2. The lowest BCUT2D eigenvalue weighted by Crippen LogP contribution is -2.21. The number of rotatable bonds is 5. The molecule has 0 aliphatic carbocycles. The second-order valence-electron chi connectivity index (χ2n) is 5.37. The highest BCUT2D eigenvalue weighted by Gasteiger charge is 2.22. The van der Waals surface area contributed by atoms with Gasteiger partial charge in [0.05, 0.1) is 0 Å². The maximum absolute atomic E-state index is 8.97. The molecule has 1 aliphatic heterocycles. The maximum atomic E-state index is 8.97. The van der Waals surface area contributed by atoms with Crippen LogP contribution < -0.4 is 5.73 Å². The Morgan fingerprint density at radius 1 is 1.44 bits per heavy atom. The lowest BCUT2D eigenvalue weighted by Gasteiger charge is -2.18. The normalized spacial score (nSPS) is 20.5. The summed E-state index contributed by atoms with van der Waals surface area (Å²) in [5.74, 6) is 0.679. The molecule has 1 fully saturated rings. The second kappa shape index (κ2) is 6.32. The molecule has 0 radical (unpaired) electrons. The molecular weight excluding hydrogens is 224 g/mol. The fraction of sp³-hybridized carbons (Fsp3) is 0.600. The van der Waals surface area contributed by atoms with Gasteiger partial charge in [0, 0.05) is 26.2 Å². The number of hydrogen-bond acceptors (Lipinski definition) is 3. The second-order valence-corrected chi connectivity index (χ2v) is 5.37. The predicted molar refractivity (Wildman–Crippen MR) is 74.2 cm³/mol. The number of aryl methyl sites for hydroxylation is 1. The molecule has 0 amide bonds. The van der Waals surface area contributed by atoms with Crippen LogP contribution in [0.5, 0.6) is 0 Å². The molecule has 2 rings (SSSR count). The highest BCUT2D eigenvalue weighted by molar-refractivity contribution is 5.31. The third-order valence-electron chi connectivity index (χ3n) is 3.94. The minimum atomic E-state index is 0.322. The van der Waals surface area contributed by atoms with Crippen LogP contribution in [0.4, 0.5) is 0 Å². The first-order valence-corrected chi connectivity index (χ1v) is 6.84.